The fourth-order valence-corrected chi connectivity index (χ4v) is 9.71. The van der Waals surface area contributed by atoms with Crippen LogP contribution in [-0.4, -0.2) is 112 Å². The van der Waals surface area contributed by atoms with Gasteiger partial charge in [-0.3, -0.25) is 13.6 Å². The molecule has 0 aromatic heterocycles. The molecule has 6 bridgehead atoms. The molecule has 0 atom stereocenters. The topological polar surface area (TPSA) is 44.8 Å². The Morgan fingerprint density at radius 2 is 0.686 bits per heavy atom. The van der Waals surface area contributed by atoms with Crippen LogP contribution in [0.2, 0.25) is 0 Å². The van der Waals surface area contributed by atoms with Crippen LogP contribution >= 0.6 is 7.82 Å². The quantitative estimate of drug-likeness (QED) is 0.293. The second-order valence-electron chi connectivity index (χ2n) is 13.4. The number of piperidine rings is 9. The SMILES string of the molecule is O=P(OCC[N+]12CCC(CC1)CC2)(OCC[N+]12CCC(CC1)CC2)OCC[N+]12CCC(CC1)CC2. The van der Waals surface area contributed by atoms with Gasteiger partial charge in [0, 0.05) is 0 Å². The molecule has 9 rings (SSSR count). The Hall–Kier alpha value is -0.0100. The molecule has 0 unspecified atom stereocenters. The van der Waals surface area contributed by atoms with Crippen molar-refractivity contribution in [3.8, 4) is 0 Å². The number of hydrogen-bond donors (Lipinski definition) is 0. The van der Waals surface area contributed by atoms with Crippen molar-refractivity contribution in [3.05, 3.63) is 0 Å². The molecule has 0 radical (unpaired) electrons. The zero-order valence-electron chi connectivity index (χ0n) is 22.1. The molecule has 0 saturated carbocycles. The standard InChI is InChI=1S/C27H51N3O4P/c31-35(32-22-19-28-10-1-25(2-11-28)3-12-28,33-23-20-29-13-4-26(5-14-29)6-15-29)34-24-21-30-16-7-27(8-17-30)9-18-30/h25-27H,1-24H2/q+3. The van der Waals surface area contributed by atoms with Gasteiger partial charge in [-0.2, -0.15) is 0 Å². The molecule has 200 valence electrons. The molecular weight excluding hydrogens is 461 g/mol. The maximum absolute atomic E-state index is 13.9. The van der Waals surface area contributed by atoms with E-state index in [2.05, 4.69) is 0 Å². The number of rotatable bonds is 12. The van der Waals surface area contributed by atoms with Gasteiger partial charge in [0.25, 0.3) is 0 Å². The third-order valence-electron chi connectivity index (χ3n) is 11.6. The van der Waals surface area contributed by atoms with Crippen LogP contribution in [0.5, 0.6) is 0 Å². The van der Waals surface area contributed by atoms with Crippen molar-refractivity contribution in [1.29, 1.82) is 0 Å². The minimum absolute atomic E-state index is 0.491. The first-order valence-electron chi connectivity index (χ1n) is 15.1. The summed E-state index contributed by atoms with van der Waals surface area (Å²) in [6.45, 7) is 15.7. The average molecular weight is 513 g/mol. The van der Waals surface area contributed by atoms with Crippen molar-refractivity contribution >= 4 is 7.82 Å². The van der Waals surface area contributed by atoms with E-state index in [9.17, 15) is 4.57 Å². The largest absolute Gasteiger partial charge is 0.475 e. The molecule has 8 heteroatoms. The fourth-order valence-electron chi connectivity index (χ4n) is 8.57. The van der Waals surface area contributed by atoms with Gasteiger partial charge in [-0.15, -0.1) is 0 Å². The lowest BCUT2D eigenvalue weighted by atomic mass is 9.86. The van der Waals surface area contributed by atoms with E-state index in [1.807, 2.05) is 0 Å². The number of hydrogen-bond acceptors (Lipinski definition) is 4. The normalized spacial score (nSPS) is 43.9. The fraction of sp³-hybridized carbons (Fsp3) is 1.00. The van der Waals surface area contributed by atoms with Gasteiger partial charge in [-0.05, 0) is 75.5 Å². The average Bonchev–Trinajstić information content (AvgIpc) is 2.91. The lowest BCUT2D eigenvalue weighted by Gasteiger charge is -2.49. The number of nitrogens with zero attached hydrogens (tertiary/aromatic N) is 3. The Morgan fingerprint density at radius 1 is 0.457 bits per heavy atom. The van der Waals surface area contributed by atoms with Gasteiger partial charge in [0.2, 0.25) is 0 Å². The minimum atomic E-state index is -3.53. The zero-order chi connectivity index (χ0) is 23.8. The Bertz CT molecular complexity index is 629. The van der Waals surface area contributed by atoms with E-state index >= 15 is 0 Å². The van der Waals surface area contributed by atoms with Gasteiger partial charge in [-0.25, -0.2) is 4.57 Å². The van der Waals surface area contributed by atoms with Crippen molar-refractivity contribution < 1.29 is 31.6 Å². The molecule has 9 saturated heterocycles. The Kier molecular flexibility index (Phi) is 7.42. The van der Waals surface area contributed by atoms with Crippen molar-refractivity contribution in [2.24, 2.45) is 17.8 Å². The molecule has 9 fully saturated rings. The van der Waals surface area contributed by atoms with Crippen LogP contribution in [0.15, 0.2) is 0 Å². The molecule has 0 aliphatic carbocycles. The predicted octanol–water partition coefficient (Wildman–Crippen LogP) is 4.04. The molecule has 9 heterocycles. The molecule has 0 aromatic carbocycles. The van der Waals surface area contributed by atoms with E-state index in [4.69, 9.17) is 13.6 Å². The molecule has 0 amide bonds. The third-order valence-corrected chi connectivity index (χ3v) is 13.0. The van der Waals surface area contributed by atoms with Crippen molar-refractivity contribution in [2.45, 2.75) is 57.8 Å². The molecular formula is C27H51N3O4P+3. The minimum Gasteiger partial charge on any atom is -0.322 e. The summed E-state index contributed by atoms with van der Waals surface area (Å²) in [4.78, 5) is 0. The summed E-state index contributed by atoms with van der Waals surface area (Å²) in [5, 5.41) is 0. The van der Waals surface area contributed by atoms with E-state index in [-0.39, 0.29) is 0 Å². The molecule has 0 spiro atoms. The highest BCUT2D eigenvalue weighted by atomic mass is 31.2. The smallest absolute Gasteiger partial charge is 0.322 e. The highest BCUT2D eigenvalue weighted by Crippen LogP contribution is 2.50. The number of phosphoric acid groups is 1. The highest BCUT2D eigenvalue weighted by molar-refractivity contribution is 7.48. The zero-order valence-corrected chi connectivity index (χ0v) is 23.0. The van der Waals surface area contributed by atoms with Gasteiger partial charge < -0.3 is 13.4 Å². The van der Waals surface area contributed by atoms with E-state index in [0.29, 0.717) is 19.8 Å². The summed E-state index contributed by atoms with van der Waals surface area (Å²) in [6.07, 6.45) is 12.2. The number of fused-ring (bicyclic) bond motifs is 9. The van der Waals surface area contributed by atoms with E-state index in [0.717, 1.165) is 50.8 Å². The second-order valence-corrected chi connectivity index (χ2v) is 15.0. The van der Waals surface area contributed by atoms with Gasteiger partial charge in [0.15, 0.2) is 0 Å². The molecule has 35 heavy (non-hydrogen) atoms. The molecule has 9 aliphatic rings. The van der Waals surface area contributed by atoms with Crippen LogP contribution in [0.1, 0.15) is 57.8 Å². The Balaban J connectivity index is 1.03. The van der Waals surface area contributed by atoms with E-state index < -0.39 is 7.82 Å². The Morgan fingerprint density at radius 3 is 0.914 bits per heavy atom. The summed E-state index contributed by atoms with van der Waals surface area (Å²) in [6, 6.07) is 0. The van der Waals surface area contributed by atoms with Crippen LogP contribution in [-0.2, 0) is 18.1 Å². The van der Waals surface area contributed by atoms with Crippen LogP contribution in [0, 0.1) is 17.8 Å². The van der Waals surface area contributed by atoms with Crippen LogP contribution in [0.25, 0.3) is 0 Å². The summed E-state index contributed by atoms with van der Waals surface area (Å²) < 4.78 is 35.6. The number of quaternary nitrogens is 3. The number of phosphoric ester groups is 1. The summed E-state index contributed by atoms with van der Waals surface area (Å²) in [5.74, 6) is 2.86. The Labute approximate surface area is 213 Å². The van der Waals surface area contributed by atoms with Crippen molar-refractivity contribution in [3.63, 3.8) is 0 Å². The van der Waals surface area contributed by atoms with Crippen LogP contribution in [0.4, 0.5) is 0 Å². The summed E-state index contributed by atoms with van der Waals surface area (Å²) in [7, 11) is -3.53. The molecule has 0 aromatic rings. The first-order valence-corrected chi connectivity index (χ1v) is 16.5. The predicted molar refractivity (Wildman–Crippen MR) is 137 cm³/mol. The van der Waals surface area contributed by atoms with Crippen molar-refractivity contribution in [1.82, 2.24) is 0 Å². The molecule has 9 aliphatic heterocycles. The van der Waals surface area contributed by atoms with Crippen molar-refractivity contribution in [2.75, 3.05) is 98.4 Å². The second kappa shape index (κ2) is 10.3. The van der Waals surface area contributed by atoms with Crippen LogP contribution in [0.3, 0.4) is 0 Å². The summed E-state index contributed by atoms with van der Waals surface area (Å²) >= 11 is 0. The highest BCUT2D eigenvalue weighted by Gasteiger charge is 2.43. The first-order chi connectivity index (χ1) is 17.0. The van der Waals surface area contributed by atoms with Gasteiger partial charge >= 0.3 is 7.82 Å². The summed E-state index contributed by atoms with van der Waals surface area (Å²) in [5.41, 5.74) is 0. The monoisotopic (exact) mass is 512 g/mol. The van der Waals surface area contributed by atoms with Gasteiger partial charge in [0.1, 0.15) is 39.5 Å². The van der Waals surface area contributed by atoms with Gasteiger partial charge in [0.05, 0.1) is 58.9 Å². The molecule has 0 N–H and O–H groups in total. The third kappa shape index (κ3) is 5.72. The molecule has 7 nitrogen and oxygen atoms in total. The van der Waals surface area contributed by atoms with E-state index in [1.54, 1.807) is 0 Å². The maximum Gasteiger partial charge on any atom is 0.475 e. The lowest BCUT2D eigenvalue weighted by Crippen LogP contribution is -2.59. The van der Waals surface area contributed by atoms with Gasteiger partial charge in [-0.1, -0.05) is 0 Å². The first kappa shape index (κ1) is 25.3. The maximum atomic E-state index is 13.9. The lowest BCUT2D eigenvalue weighted by molar-refractivity contribution is -0.943. The van der Waals surface area contributed by atoms with E-state index in [1.165, 1.54) is 117 Å². The van der Waals surface area contributed by atoms with Crippen LogP contribution < -0.4 is 0 Å².